The Kier molecular flexibility index (Phi) is 6.93. The molecule has 0 fully saturated rings. The molecule has 4 nitrogen and oxygen atoms in total. The largest absolute Gasteiger partial charge is 0.477 e. The van der Waals surface area contributed by atoms with E-state index in [9.17, 15) is 9.59 Å². The third-order valence-electron chi connectivity index (χ3n) is 3.24. The van der Waals surface area contributed by atoms with Crippen molar-refractivity contribution in [2.24, 2.45) is 0 Å². The zero-order valence-corrected chi connectivity index (χ0v) is 11.6. The quantitative estimate of drug-likeness (QED) is 0.495. The molecule has 0 spiro atoms. The molecule has 1 aromatic heterocycles. The highest BCUT2D eigenvalue weighted by atomic mass is 16.4. The Morgan fingerprint density at radius 2 is 1.74 bits per heavy atom. The molecule has 0 radical (unpaired) electrons. The molecule has 0 bridgehead atoms. The van der Waals surface area contributed by atoms with Crippen LogP contribution in [0, 0.1) is 0 Å². The van der Waals surface area contributed by atoms with Crippen molar-refractivity contribution in [1.82, 2.24) is 4.98 Å². The van der Waals surface area contributed by atoms with E-state index in [0.717, 1.165) is 12.8 Å². The molecule has 0 aromatic carbocycles. The van der Waals surface area contributed by atoms with Gasteiger partial charge in [-0.1, -0.05) is 45.4 Å². The van der Waals surface area contributed by atoms with Crippen LogP contribution in [-0.2, 0) is 0 Å². The zero-order chi connectivity index (χ0) is 14.1. The first kappa shape index (κ1) is 15.5. The van der Waals surface area contributed by atoms with Crippen LogP contribution >= 0.6 is 0 Å². The van der Waals surface area contributed by atoms with Crippen LogP contribution in [0.25, 0.3) is 0 Å². The number of nitrogens with one attached hydrogen (secondary N) is 1. The number of carbonyl (C=O) groups excluding carboxylic acids is 1. The van der Waals surface area contributed by atoms with E-state index in [-0.39, 0.29) is 11.5 Å². The van der Waals surface area contributed by atoms with E-state index in [1.165, 1.54) is 44.4 Å². The number of H-pyrrole nitrogens is 1. The minimum Gasteiger partial charge on any atom is -0.477 e. The third-order valence-corrected chi connectivity index (χ3v) is 3.24. The number of carboxylic acid groups (broad SMARTS) is 1. The lowest BCUT2D eigenvalue weighted by molar-refractivity contribution is 0.0691. The van der Waals surface area contributed by atoms with Gasteiger partial charge in [0.1, 0.15) is 5.69 Å². The van der Waals surface area contributed by atoms with E-state index in [4.69, 9.17) is 5.11 Å². The van der Waals surface area contributed by atoms with E-state index >= 15 is 0 Å². The molecule has 106 valence electrons. The molecule has 1 aromatic rings. The Balaban J connectivity index is 2.18. The van der Waals surface area contributed by atoms with Crippen molar-refractivity contribution in [2.45, 2.75) is 58.3 Å². The fourth-order valence-electron chi connectivity index (χ4n) is 2.07. The van der Waals surface area contributed by atoms with Gasteiger partial charge in [0.2, 0.25) is 0 Å². The highest BCUT2D eigenvalue weighted by Crippen LogP contribution is 2.12. The number of unbranched alkanes of at least 4 members (excludes halogenated alkanes) is 6. The van der Waals surface area contributed by atoms with Crippen LogP contribution in [0.3, 0.4) is 0 Å². The first-order valence-electron chi connectivity index (χ1n) is 7.10. The van der Waals surface area contributed by atoms with Gasteiger partial charge >= 0.3 is 5.97 Å². The van der Waals surface area contributed by atoms with Gasteiger partial charge in [0.25, 0.3) is 0 Å². The lowest BCUT2D eigenvalue weighted by Gasteiger charge is -2.00. The summed E-state index contributed by atoms with van der Waals surface area (Å²) in [5.41, 5.74) is 0.547. The van der Waals surface area contributed by atoms with Gasteiger partial charge in [-0.25, -0.2) is 4.79 Å². The number of rotatable bonds is 10. The second-order valence-electron chi connectivity index (χ2n) is 4.90. The SMILES string of the molecule is CCCCCCCCCC(=O)c1c[nH]c(C(=O)O)c1. The van der Waals surface area contributed by atoms with Gasteiger partial charge in [0.15, 0.2) is 5.78 Å². The van der Waals surface area contributed by atoms with Crippen LogP contribution in [0.15, 0.2) is 12.3 Å². The van der Waals surface area contributed by atoms with Crippen LogP contribution in [0.5, 0.6) is 0 Å². The Morgan fingerprint density at radius 1 is 1.11 bits per heavy atom. The second kappa shape index (κ2) is 8.51. The molecule has 0 aliphatic rings. The topological polar surface area (TPSA) is 70.2 Å². The Bertz CT molecular complexity index is 409. The predicted octanol–water partition coefficient (Wildman–Crippen LogP) is 4.04. The van der Waals surface area contributed by atoms with E-state index in [2.05, 4.69) is 11.9 Å². The Hall–Kier alpha value is -1.58. The summed E-state index contributed by atoms with van der Waals surface area (Å²) in [7, 11) is 0. The van der Waals surface area contributed by atoms with Crippen molar-refractivity contribution in [3.63, 3.8) is 0 Å². The molecule has 4 heteroatoms. The van der Waals surface area contributed by atoms with Gasteiger partial charge in [-0.05, 0) is 12.5 Å². The standard InChI is InChI=1S/C15H23NO3/c1-2-3-4-5-6-7-8-9-14(17)12-10-13(15(18)19)16-11-12/h10-11,16H,2-9H2,1H3,(H,18,19). The summed E-state index contributed by atoms with van der Waals surface area (Å²) in [6.45, 7) is 2.20. The number of carboxylic acids is 1. The highest BCUT2D eigenvalue weighted by molar-refractivity contribution is 5.98. The molecule has 1 rings (SSSR count). The summed E-state index contributed by atoms with van der Waals surface area (Å²) >= 11 is 0. The summed E-state index contributed by atoms with van der Waals surface area (Å²) in [6, 6.07) is 1.41. The third kappa shape index (κ3) is 5.73. The molecule has 0 atom stereocenters. The van der Waals surface area contributed by atoms with Crippen molar-refractivity contribution >= 4 is 11.8 Å². The van der Waals surface area contributed by atoms with Crippen LogP contribution in [0.2, 0.25) is 0 Å². The maximum absolute atomic E-state index is 11.8. The van der Waals surface area contributed by atoms with E-state index in [1.54, 1.807) is 0 Å². The maximum Gasteiger partial charge on any atom is 0.352 e. The molecule has 0 aliphatic heterocycles. The minimum atomic E-state index is -1.03. The fraction of sp³-hybridized carbons (Fsp3) is 0.600. The zero-order valence-electron chi connectivity index (χ0n) is 11.6. The second-order valence-corrected chi connectivity index (χ2v) is 4.90. The first-order valence-corrected chi connectivity index (χ1v) is 7.10. The number of hydrogen-bond donors (Lipinski definition) is 2. The van der Waals surface area contributed by atoms with Crippen molar-refractivity contribution in [3.8, 4) is 0 Å². The molecule has 0 unspecified atom stereocenters. The summed E-state index contributed by atoms with van der Waals surface area (Å²) in [5, 5.41) is 8.75. The average Bonchev–Trinajstić information content (AvgIpc) is 2.87. The number of aromatic amines is 1. The van der Waals surface area contributed by atoms with Gasteiger partial charge in [0, 0.05) is 18.2 Å². The van der Waals surface area contributed by atoms with Crippen LogP contribution in [-0.4, -0.2) is 21.8 Å². The Labute approximate surface area is 114 Å². The summed E-state index contributed by atoms with van der Waals surface area (Å²) in [5.74, 6) is -1.01. The lowest BCUT2D eigenvalue weighted by Crippen LogP contribution is -1.98. The van der Waals surface area contributed by atoms with Crippen LogP contribution in [0.4, 0.5) is 0 Å². The molecule has 0 saturated carbocycles. The number of carbonyl (C=O) groups is 2. The highest BCUT2D eigenvalue weighted by Gasteiger charge is 2.11. The molecule has 2 N–H and O–H groups in total. The molecule has 19 heavy (non-hydrogen) atoms. The summed E-state index contributed by atoms with van der Waals surface area (Å²) in [4.78, 5) is 25.1. The smallest absolute Gasteiger partial charge is 0.352 e. The summed E-state index contributed by atoms with van der Waals surface area (Å²) < 4.78 is 0. The van der Waals surface area contributed by atoms with Crippen molar-refractivity contribution in [2.75, 3.05) is 0 Å². The number of aromatic carboxylic acids is 1. The molecule has 1 heterocycles. The van der Waals surface area contributed by atoms with E-state index < -0.39 is 5.97 Å². The normalized spacial score (nSPS) is 10.6. The predicted molar refractivity (Wildman–Crippen MR) is 74.7 cm³/mol. The maximum atomic E-state index is 11.8. The van der Waals surface area contributed by atoms with Gasteiger partial charge in [-0.15, -0.1) is 0 Å². The number of hydrogen-bond acceptors (Lipinski definition) is 2. The molecule has 0 saturated heterocycles. The molecular formula is C15H23NO3. The molecular weight excluding hydrogens is 242 g/mol. The van der Waals surface area contributed by atoms with Gasteiger partial charge in [0.05, 0.1) is 0 Å². The van der Waals surface area contributed by atoms with Gasteiger partial charge in [-0.3, -0.25) is 4.79 Å². The molecule has 0 amide bonds. The van der Waals surface area contributed by atoms with Crippen molar-refractivity contribution in [1.29, 1.82) is 0 Å². The van der Waals surface area contributed by atoms with Crippen molar-refractivity contribution < 1.29 is 14.7 Å². The average molecular weight is 265 g/mol. The number of ketones is 1. The van der Waals surface area contributed by atoms with Crippen LogP contribution < -0.4 is 0 Å². The van der Waals surface area contributed by atoms with E-state index in [0.29, 0.717) is 12.0 Å². The molecule has 0 aliphatic carbocycles. The summed E-state index contributed by atoms with van der Waals surface area (Å²) in [6.07, 6.45) is 10.2. The lowest BCUT2D eigenvalue weighted by atomic mass is 10.0. The fourth-order valence-corrected chi connectivity index (χ4v) is 2.07. The van der Waals surface area contributed by atoms with E-state index in [1.807, 2.05) is 0 Å². The first-order chi connectivity index (χ1) is 9.15. The monoisotopic (exact) mass is 265 g/mol. The van der Waals surface area contributed by atoms with Crippen LogP contribution in [0.1, 0.15) is 79.1 Å². The van der Waals surface area contributed by atoms with Gasteiger partial charge in [-0.2, -0.15) is 0 Å². The van der Waals surface area contributed by atoms with Crippen molar-refractivity contribution in [3.05, 3.63) is 23.5 Å². The number of aromatic nitrogens is 1. The number of Topliss-reactive ketones (excluding diaryl/α,β-unsaturated/α-hetero) is 1. The Morgan fingerprint density at radius 3 is 2.32 bits per heavy atom. The van der Waals surface area contributed by atoms with Gasteiger partial charge < -0.3 is 10.1 Å². The minimum absolute atomic E-state index is 0.0253.